The van der Waals surface area contributed by atoms with Gasteiger partial charge in [-0.1, -0.05) is 25.7 Å². The van der Waals surface area contributed by atoms with Crippen LogP contribution in [0.15, 0.2) is 30.3 Å². The maximum atomic E-state index is 14.9. The highest BCUT2D eigenvalue weighted by Crippen LogP contribution is 2.41. The van der Waals surface area contributed by atoms with Gasteiger partial charge in [0.1, 0.15) is 29.0 Å². The van der Waals surface area contributed by atoms with Crippen LogP contribution in [0.4, 0.5) is 14.5 Å². The number of halogens is 2. The van der Waals surface area contributed by atoms with E-state index >= 15 is 0 Å². The van der Waals surface area contributed by atoms with Gasteiger partial charge in [-0.3, -0.25) is 14.4 Å². The summed E-state index contributed by atoms with van der Waals surface area (Å²) in [7, 11) is -0.737. The third-order valence-electron chi connectivity index (χ3n) is 7.63. The second kappa shape index (κ2) is 11.5. The molecular weight excluding hydrogens is 546 g/mol. The molecule has 1 atom stereocenters. The van der Waals surface area contributed by atoms with E-state index in [1.165, 1.54) is 0 Å². The molecule has 7 nitrogen and oxygen atoms in total. The minimum absolute atomic E-state index is 0.00102. The molecule has 41 heavy (non-hydrogen) atoms. The first-order valence-corrected chi connectivity index (χ1v) is 17.6. The Morgan fingerprint density at radius 2 is 1.68 bits per heavy atom. The molecular formula is C31H40F2N2O5Si. The molecule has 2 aromatic carbocycles. The molecule has 222 valence electrons. The lowest BCUT2D eigenvalue weighted by Crippen LogP contribution is -2.50. The molecule has 1 N–H and O–H groups in total. The van der Waals surface area contributed by atoms with Gasteiger partial charge in [0.2, 0.25) is 5.91 Å². The van der Waals surface area contributed by atoms with E-state index in [0.29, 0.717) is 37.1 Å². The zero-order chi connectivity index (χ0) is 30.3. The number of methoxy groups -OCH3 is 1. The number of fused-ring (bicyclic) bond motifs is 1. The van der Waals surface area contributed by atoms with E-state index in [1.807, 2.05) is 46.5 Å². The van der Waals surface area contributed by atoms with Crippen molar-refractivity contribution >= 4 is 36.7 Å². The Labute approximate surface area is 241 Å². The molecule has 0 bridgehead atoms. The van der Waals surface area contributed by atoms with Crippen LogP contribution in [0.1, 0.15) is 57.2 Å². The number of amides is 2. The summed E-state index contributed by atoms with van der Waals surface area (Å²) in [5.41, 5.74) is 0.950. The number of rotatable bonds is 7. The van der Waals surface area contributed by atoms with E-state index in [2.05, 4.69) is 5.32 Å². The zero-order valence-electron chi connectivity index (χ0n) is 24.9. The standard InChI is InChI=1S/C31H40F2N2O5Si/c1-31(2,3)40-26(36)14-18-12-20(13-18)30(38)35-11-10-19-15-22(39-4)8-9-23(19)27(35)29(37)34-21-16-24(32)28(25(33)17-21)41(5,6)7/h8-9,15-18,20,27H,10-14H2,1-7H3,(H,34,37)/t18?,20?,27-/m1/s1. The molecule has 2 aromatic rings. The van der Waals surface area contributed by atoms with Crippen molar-refractivity contribution in [3.8, 4) is 5.75 Å². The van der Waals surface area contributed by atoms with Gasteiger partial charge in [0.25, 0.3) is 5.91 Å². The summed E-state index contributed by atoms with van der Waals surface area (Å²) in [4.78, 5) is 41.2. The number of anilines is 1. The number of carbonyl (C=O) groups excluding carboxylic acids is 3. The van der Waals surface area contributed by atoms with Crippen molar-refractivity contribution in [3.63, 3.8) is 0 Å². The normalized spacial score (nSPS) is 20.5. The monoisotopic (exact) mass is 586 g/mol. The van der Waals surface area contributed by atoms with E-state index in [-0.39, 0.29) is 41.0 Å². The van der Waals surface area contributed by atoms with Crippen molar-refractivity contribution in [1.29, 1.82) is 0 Å². The van der Waals surface area contributed by atoms with Crippen LogP contribution in [-0.2, 0) is 25.5 Å². The number of nitrogens with zero attached hydrogens (tertiary/aromatic N) is 1. The van der Waals surface area contributed by atoms with Gasteiger partial charge in [-0.15, -0.1) is 0 Å². The highest BCUT2D eigenvalue weighted by Gasteiger charge is 2.43. The van der Waals surface area contributed by atoms with Gasteiger partial charge in [-0.05, 0) is 81.3 Å². The number of hydrogen-bond acceptors (Lipinski definition) is 5. The Bertz CT molecular complexity index is 1320. The van der Waals surface area contributed by atoms with Crippen molar-refractivity contribution in [2.75, 3.05) is 19.0 Å². The molecule has 2 amide bonds. The van der Waals surface area contributed by atoms with E-state index < -0.39 is 37.3 Å². The summed E-state index contributed by atoms with van der Waals surface area (Å²) < 4.78 is 40.6. The SMILES string of the molecule is COc1ccc2c(c1)CCN(C(=O)C1CC(CC(=O)OC(C)(C)C)C1)[C@H]2C(=O)Nc1cc(F)c([Si](C)(C)C)c(F)c1. The van der Waals surface area contributed by atoms with Crippen molar-refractivity contribution in [1.82, 2.24) is 4.90 Å². The maximum absolute atomic E-state index is 14.9. The Kier molecular flexibility index (Phi) is 8.64. The van der Waals surface area contributed by atoms with Crippen molar-refractivity contribution < 1.29 is 32.6 Å². The van der Waals surface area contributed by atoms with E-state index in [1.54, 1.807) is 24.1 Å². The predicted molar refractivity (Wildman–Crippen MR) is 156 cm³/mol. The molecule has 0 aromatic heterocycles. The minimum atomic E-state index is -2.29. The van der Waals surface area contributed by atoms with Gasteiger partial charge in [0, 0.05) is 29.8 Å². The van der Waals surface area contributed by atoms with Crippen LogP contribution in [-0.4, -0.2) is 50.0 Å². The molecule has 4 rings (SSSR count). The molecule has 10 heteroatoms. The average molecular weight is 587 g/mol. The predicted octanol–water partition coefficient (Wildman–Crippen LogP) is 5.34. The fourth-order valence-corrected chi connectivity index (χ4v) is 7.36. The van der Waals surface area contributed by atoms with Gasteiger partial charge in [0.05, 0.1) is 15.2 Å². The van der Waals surface area contributed by atoms with Crippen LogP contribution in [0.3, 0.4) is 0 Å². The molecule has 1 saturated carbocycles. The summed E-state index contributed by atoms with van der Waals surface area (Å²) in [6.07, 6.45) is 1.85. The second-order valence-corrected chi connectivity index (χ2v) is 18.1. The van der Waals surface area contributed by atoms with Crippen LogP contribution >= 0.6 is 0 Å². The van der Waals surface area contributed by atoms with Gasteiger partial charge in [0.15, 0.2) is 0 Å². The Morgan fingerprint density at radius 3 is 2.24 bits per heavy atom. The van der Waals surface area contributed by atoms with Gasteiger partial charge < -0.3 is 19.7 Å². The lowest BCUT2D eigenvalue weighted by molar-refractivity contribution is -0.159. The van der Waals surface area contributed by atoms with Gasteiger partial charge in [-0.2, -0.15) is 0 Å². The lowest BCUT2D eigenvalue weighted by Gasteiger charge is -2.42. The molecule has 0 spiro atoms. The quantitative estimate of drug-likeness (QED) is 0.350. The highest BCUT2D eigenvalue weighted by molar-refractivity contribution is 6.88. The first-order valence-electron chi connectivity index (χ1n) is 14.1. The number of ether oxygens (including phenoxy) is 2. The van der Waals surface area contributed by atoms with Crippen LogP contribution in [0.25, 0.3) is 0 Å². The van der Waals surface area contributed by atoms with E-state index in [9.17, 15) is 23.2 Å². The molecule has 0 unspecified atom stereocenters. The average Bonchev–Trinajstić information content (AvgIpc) is 2.81. The zero-order valence-corrected chi connectivity index (χ0v) is 25.9. The van der Waals surface area contributed by atoms with Gasteiger partial charge in [-0.25, -0.2) is 8.78 Å². The number of hydrogen-bond donors (Lipinski definition) is 1. The molecule has 0 radical (unpaired) electrons. The molecule has 1 fully saturated rings. The smallest absolute Gasteiger partial charge is 0.306 e. The summed E-state index contributed by atoms with van der Waals surface area (Å²) in [5.74, 6) is -2.01. The Hall–Kier alpha value is -3.27. The summed E-state index contributed by atoms with van der Waals surface area (Å²) in [5, 5.41) is 2.75. The summed E-state index contributed by atoms with van der Waals surface area (Å²) >= 11 is 0. The Balaban J connectivity index is 1.55. The van der Waals surface area contributed by atoms with E-state index in [0.717, 1.165) is 17.7 Å². The van der Waals surface area contributed by atoms with Crippen molar-refractivity contribution in [2.24, 2.45) is 11.8 Å². The lowest BCUT2D eigenvalue weighted by atomic mass is 9.72. The third kappa shape index (κ3) is 6.97. The largest absolute Gasteiger partial charge is 0.497 e. The molecule has 1 aliphatic heterocycles. The fourth-order valence-electron chi connectivity index (χ4n) is 5.78. The van der Waals surface area contributed by atoms with E-state index in [4.69, 9.17) is 9.47 Å². The third-order valence-corrected chi connectivity index (χ3v) is 9.61. The fraction of sp³-hybridized carbons (Fsp3) is 0.516. The number of nitrogens with one attached hydrogen (secondary N) is 1. The minimum Gasteiger partial charge on any atom is -0.497 e. The van der Waals surface area contributed by atoms with Crippen LogP contribution in [0.5, 0.6) is 5.75 Å². The Morgan fingerprint density at radius 1 is 1.05 bits per heavy atom. The first kappa shape index (κ1) is 30.7. The molecule has 2 aliphatic rings. The molecule has 0 saturated heterocycles. The highest BCUT2D eigenvalue weighted by atomic mass is 28.3. The van der Waals surface area contributed by atoms with Crippen LogP contribution in [0.2, 0.25) is 19.6 Å². The molecule has 1 heterocycles. The van der Waals surface area contributed by atoms with Gasteiger partial charge >= 0.3 is 5.97 Å². The molecule has 1 aliphatic carbocycles. The number of carbonyl (C=O) groups is 3. The maximum Gasteiger partial charge on any atom is 0.306 e. The van der Waals surface area contributed by atoms with Crippen molar-refractivity contribution in [3.05, 3.63) is 53.1 Å². The summed E-state index contributed by atoms with van der Waals surface area (Å²) in [6.45, 7) is 11.3. The van der Waals surface area contributed by atoms with Crippen LogP contribution in [0, 0.1) is 23.5 Å². The number of esters is 1. The van der Waals surface area contributed by atoms with Crippen LogP contribution < -0.4 is 15.2 Å². The topological polar surface area (TPSA) is 84.9 Å². The first-order chi connectivity index (χ1) is 19.1. The van der Waals surface area contributed by atoms with Crippen molar-refractivity contribution in [2.45, 2.75) is 77.7 Å². The number of benzene rings is 2. The summed E-state index contributed by atoms with van der Waals surface area (Å²) in [6, 6.07) is 6.65. The second-order valence-electron chi connectivity index (χ2n) is 13.1.